The second-order valence-electron chi connectivity index (χ2n) is 4.66. The van der Waals surface area contributed by atoms with E-state index in [-0.39, 0.29) is 11.7 Å². The summed E-state index contributed by atoms with van der Waals surface area (Å²) in [5.74, 6) is 0. The zero-order valence-corrected chi connectivity index (χ0v) is 9.23. The van der Waals surface area contributed by atoms with Crippen molar-refractivity contribution in [3.05, 3.63) is 0 Å². The topological polar surface area (TPSA) is 58.9 Å². The van der Waals surface area contributed by atoms with Crippen LogP contribution in [0, 0.1) is 0 Å². The summed E-state index contributed by atoms with van der Waals surface area (Å²) in [6.45, 7) is 7.55. The molecule has 0 amide bonds. The monoisotopic (exact) mass is 204 g/mol. The van der Waals surface area contributed by atoms with Crippen LogP contribution in [0.1, 0.15) is 34.1 Å². The maximum Gasteiger partial charge on any atom is 0.187 e. The molecule has 1 fully saturated rings. The van der Waals surface area contributed by atoms with Gasteiger partial charge in [-0.05, 0) is 27.2 Å². The molecule has 2 unspecified atom stereocenters. The molecule has 4 atom stereocenters. The third-order valence-corrected chi connectivity index (χ3v) is 2.19. The van der Waals surface area contributed by atoms with Crippen LogP contribution in [-0.4, -0.2) is 40.4 Å². The van der Waals surface area contributed by atoms with Gasteiger partial charge in [0.05, 0.1) is 11.7 Å². The predicted molar refractivity (Wildman–Crippen MR) is 51.8 cm³/mol. The molecule has 4 nitrogen and oxygen atoms in total. The second kappa shape index (κ2) is 4.14. The lowest BCUT2D eigenvalue weighted by Crippen LogP contribution is -2.37. The van der Waals surface area contributed by atoms with Crippen LogP contribution in [0.3, 0.4) is 0 Å². The summed E-state index contributed by atoms with van der Waals surface area (Å²) in [4.78, 5) is 0. The fraction of sp³-hybridized carbons (Fsp3) is 1.00. The number of hydrogen-bond donors (Lipinski definition) is 2. The van der Waals surface area contributed by atoms with Crippen molar-refractivity contribution in [2.45, 2.75) is 64.3 Å². The van der Waals surface area contributed by atoms with Gasteiger partial charge in [0, 0.05) is 0 Å². The van der Waals surface area contributed by atoms with E-state index < -0.39 is 18.5 Å². The van der Waals surface area contributed by atoms with Crippen LogP contribution in [-0.2, 0) is 9.47 Å². The number of ether oxygens (including phenoxy) is 2. The Balaban J connectivity index is 2.57. The zero-order chi connectivity index (χ0) is 10.9. The van der Waals surface area contributed by atoms with E-state index in [2.05, 4.69) is 0 Å². The normalized spacial score (nSPS) is 39.0. The minimum atomic E-state index is -0.945. The Morgan fingerprint density at radius 2 is 1.79 bits per heavy atom. The van der Waals surface area contributed by atoms with Crippen molar-refractivity contribution in [3.63, 3.8) is 0 Å². The molecule has 14 heavy (non-hydrogen) atoms. The van der Waals surface area contributed by atoms with Gasteiger partial charge in [-0.25, -0.2) is 0 Å². The van der Waals surface area contributed by atoms with Gasteiger partial charge in [0.25, 0.3) is 0 Å². The van der Waals surface area contributed by atoms with E-state index in [9.17, 15) is 10.2 Å². The third-order valence-electron chi connectivity index (χ3n) is 2.19. The highest BCUT2D eigenvalue weighted by molar-refractivity contribution is 4.86. The van der Waals surface area contributed by atoms with E-state index in [1.165, 1.54) is 0 Å². The summed E-state index contributed by atoms with van der Waals surface area (Å²) in [6, 6.07) is 0. The quantitative estimate of drug-likeness (QED) is 0.693. The van der Waals surface area contributed by atoms with Gasteiger partial charge in [0.15, 0.2) is 6.29 Å². The Morgan fingerprint density at radius 3 is 2.14 bits per heavy atom. The van der Waals surface area contributed by atoms with Crippen LogP contribution in [0.2, 0.25) is 0 Å². The molecule has 0 spiro atoms. The second-order valence-corrected chi connectivity index (χ2v) is 4.66. The summed E-state index contributed by atoms with van der Waals surface area (Å²) in [7, 11) is 0. The van der Waals surface area contributed by atoms with E-state index in [1.54, 1.807) is 0 Å². The molecule has 0 saturated carbocycles. The van der Waals surface area contributed by atoms with Crippen molar-refractivity contribution in [1.29, 1.82) is 0 Å². The molecular formula is C10H20O4. The lowest BCUT2D eigenvalue weighted by Gasteiger charge is -2.26. The Bertz CT molecular complexity index is 187. The highest BCUT2D eigenvalue weighted by Gasteiger charge is 2.43. The van der Waals surface area contributed by atoms with Crippen molar-refractivity contribution in [2.24, 2.45) is 0 Å². The van der Waals surface area contributed by atoms with E-state index in [1.807, 2.05) is 27.7 Å². The molecule has 1 aliphatic heterocycles. The van der Waals surface area contributed by atoms with Gasteiger partial charge in [0.1, 0.15) is 12.2 Å². The van der Waals surface area contributed by atoms with E-state index in [0.29, 0.717) is 6.42 Å². The predicted octanol–water partition coefficient (Wildman–Crippen LogP) is 0.658. The molecule has 1 aliphatic rings. The number of hydrogen-bond acceptors (Lipinski definition) is 4. The average molecular weight is 204 g/mol. The molecule has 4 heteroatoms. The van der Waals surface area contributed by atoms with Crippen molar-refractivity contribution in [1.82, 2.24) is 0 Å². The van der Waals surface area contributed by atoms with Gasteiger partial charge in [0.2, 0.25) is 0 Å². The summed E-state index contributed by atoms with van der Waals surface area (Å²) in [5, 5.41) is 19.2. The van der Waals surface area contributed by atoms with Gasteiger partial charge in [-0.3, -0.25) is 0 Å². The first-order valence-corrected chi connectivity index (χ1v) is 5.04. The zero-order valence-electron chi connectivity index (χ0n) is 9.23. The van der Waals surface area contributed by atoms with Crippen molar-refractivity contribution < 1.29 is 19.7 Å². The summed E-state index contributed by atoms with van der Waals surface area (Å²) in [6.07, 6.45) is -2.15. The fourth-order valence-electron chi connectivity index (χ4n) is 1.50. The first-order chi connectivity index (χ1) is 6.35. The number of aliphatic hydroxyl groups excluding tert-OH is 2. The lowest BCUT2D eigenvalue weighted by molar-refractivity contribution is -0.212. The largest absolute Gasteiger partial charge is 0.387 e. The van der Waals surface area contributed by atoms with Crippen LogP contribution >= 0.6 is 0 Å². The highest BCUT2D eigenvalue weighted by Crippen LogP contribution is 2.27. The summed E-state index contributed by atoms with van der Waals surface area (Å²) >= 11 is 0. The SMILES string of the molecule is CC[C@H]1O[C@@H](OC(C)(C)C)C(O)C1O. The lowest BCUT2D eigenvalue weighted by atomic mass is 10.1. The molecule has 0 radical (unpaired) electrons. The van der Waals surface area contributed by atoms with Gasteiger partial charge in [-0.15, -0.1) is 0 Å². The minimum Gasteiger partial charge on any atom is -0.387 e. The molecule has 1 heterocycles. The Morgan fingerprint density at radius 1 is 1.21 bits per heavy atom. The van der Waals surface area contributed by atoms with E-state index in [0.717, 1.165) is 0 Å². The molecular weight excluding hydrogens is 184 g/mol. The molecule has 0 aromatic carbocycles. The highest BCUT2D eigenvalue weighted by atomic mass is 16.7. The molecule has 84 valence electrons. The van der Waals surface area contributed by atoms with Crippen LogP contribution in [0.4, 0.5) is 0 Å². The molecule has 0 bridgehead atoms. The Labute approximate surface area is 84.8 Å². The molecule has 0 aliphatic carbocycles. The number of rotatable bonds is 2. The van der Waals surface area contributed by atoms with Crippen LogP contribution in [0.5, 0.6) is 0 Å². The minimum absolute atomic E-state index is 0.322. The van der Waals surface area contributed by atoms with Crippen LogP contribution in [0.25, 0.3) is 0 Å². The molecule has 0 aromatic rings. The third kappa shape index (κ3) is 2.67. The first-order valence-electron chi connectivity index (χ1n) is 5.04. The summed E-state index contributed by atoms with van der Waals surface area (Å²) in [5.41, 5.74) is -0.381. The van der Waals surface area contributed by atoms with Crippen LogP contribution < -0.4 is 0 Å². The van der Waals surface area contributed by atoms with Crippen molar-refractivity contribution in [3.8, 4) is 0 Å². The smallest absolute Gasteiger partial charge is 0.187 e. The van der Waals surface area contributed by atoms with E-state index in [4.69, 9.17) is 9.47 Å². The Kier molecular flexibility index (Phi) is 3.53. The van der Waals surface area contributed by atoms with Gasteiger partial charge in [-0.1, -0.05) is 6.92 Å². The molecule has 2 N–H and O–H groups in total. The standard InChI is InChI=1S/C10H20O4/c1-5-6-7(11)8(12)9(13-6)14-10(2,3)4/h6-9,11-12H,5H2,1-4H3/t6-,7?,8?,9+/m1/s1. The van der Waals surface area contributed by atoms with Crippen LogP contribution in [0.15, 0.2) is 0 Å². The van der Waals surface area contributed by atoms with Gasteiger partial charge >= 0.3 is 0 Å². The Hall–Kier alpha value is -0.160. The average Bonchev–Trinajstić information content (AvgIpc) is 2.30. The first kappa shape index (κ1) is 11.9. The van der Waals surface area contributed by atoms with Crippen molar-refractivity contribution in [2.75, 3.05) is 0 Å². The molecule has 0 aromatic heterocycles. The summed E-state index contributed by atoms with van der Waals surface area (Å²) < 4.78 is 10.9. The molecule has 1 rings (SSSR count). The fourth-order valence-corrected chi connectivity index (χ4v) is 1.50. The maximum absolute atomic E-state index is 9.62. The van der Waals surface area contributed by atoms with E-state index >= 15 is 0 Å². The number of aliphatic hydroxyl groups is 2. The van der Waals surface area contributed by atoms with Gasteiger partial charge in [-0.2, -0.15) is 0 Å². The van der Waals surface area contributed by atoms with Crippen molar-refractivity contribution >= 4 is 0 Å². The molecule has 1 saturated heterocycles. The van der Waals surface area contributed by atoms with Gasteiger partial charge < -0.3 is 19.7 Å². The maximum atomic E-state index is 9.62.